The molecule has 2 heterocycles. The molecular weight excluding hydrogens is 232 g/mol. The van der Waals surface area contributed by atoms with Crippen molar-refractivity contribution in [2.24, 2.45) is 5.92 Å². The molecule has 0 unspecified atom stereocenters. The molecule has 1 atom stereocenters. The first-order chi connectivity index (χ1) is 9.31. The predicted molar refractivity (Wildman–Crippen MR) is 80.3 cm³/mol. The Kier molecular flexibility index (Phi) is 4.19. The Morgan fingerprint density at radius 2 is 1.74 bits per heavy atom. The molecular formula is C17H26N2. The molecule has 2 nitrogen and oxygen atoms in total. The van der Waals surface area contributed by atoms with Crippen LogP contribution in [0.5, 0.6) is 0 Å². The van der Waals surface area contributed by atoms with Crippen LogP contribution in [0.25, 0.3) is 0 Å². The summed E-state index contributed by atoms with van der Waals surface area (Å²) in [6.45, 7) is 5.21. The number of nitrogens with zero attached hydrogens (tertiary/aromatic N) is 2. The molecule has 0 bridgehead atoms. The Hall–Kier alpha value is -0.860. The topological polar surface area (TPSA) is 6.48 Å². The second-order valence-electron chi connectivity index (χ2n) is 6.37. The van der Waals surface area contributed by atoms with E-state index in [0.29, 0.717) is 0 Å². The number of benzene rings is 1. The number of hydrogen-bond acceptors (Lipinski definition) is 2. The van der Waals surface area contributed by atoms with Gasteiger partial charge in [0.05, 0.1) is 0 Å². The van der Waals surface area contributed by atoms with Crippen molar-refractivity contribution >= 4 is 0 Å². The van der Waals surface area contributed by atoms with Crippen LogP contribution in [0, 0.1) is 5.92 Å². The molecule has 0 amide bonds. The summed E-state index contributed by atoms with van der Waals surface area (Å²) in [6, 6.07) is 11.9. The second-order valence-corrected chi connectivity index (χ2v) is 6.37. The average Bonchev–Trinajstić information content (AvgIpc) is 2.89. The zero-order valence-electron chi connectivity index (χ0n) is 12.1. The molecule has 0 radical (unpaired) electrons. The van der Waals surface area contributed by atoms with E-state index < -0.39 is 0 Å². The van der Waals surface area contributed by atoms with Gasteiger partial charge in [-0.2, -0.15) is 0 Å². The van der Waals surface area contributed by atoms with E-state index in [1.165, 1.54) is 57.4 Å². The van der Waals surface area contributed by atoms with Crippen molar-refractivity contribution in [3.8, 4) is 0 Å². The Bertz CT molecular complexity index is 382. The quantitative estimate of drug-likeness (QED) is 0.822. The fourth-order valence-corrected chi connectivity index (χ4v) is 3.67. The minimum atomic E-state index is 0.858. The van der Waals surface area contributed by atoms with Gasteiger partial charge >= 0.3 is 0 Å². The summed E-state index contributed by atoms with van der Waals surface area (Å²) >= 11 is 0. The van der Waals surface area contributed by atoms with Crippen LogP contribution in [-0.4, -0.2) is 49.1 Å². The van der Waals surface area contributed by atoms with Gasteiger partial charge in [0, 0.05) is 12.6 Å². The monoisotopic (exact) mass is 258 g/mol. The van der Waals surface area contributed by atoms with Crippen LogP contribution in [0.4, 0.5) is 0 Å². The SMILES string of the molecule is CN1CCC(N2CC[C@H](Cc3ccccc3)C2)CC1. The number of piperidine rings is 1. The molecule has 2 heteroatoms. The van der Waals surface area contributed by atoms with E-state index >= 15 is 0 Å². The minimum absolute atomic E-state index is 0.858. The number of rotatable bonds is 3. The highest BCUT2D eigenvalue weighted by Gasteiger charge is 2.29. The third kappa shape index (κ3) is 3.37. The van der Waals surface area contributed by atoms with Crippen molar-refractivity contribution in [1.29, 1.82) is 0 Å². The zero-order chi connectivity index (χ0) is 13.1. The lowest BCUT2D eigenvalue weighted by molar-refractivity contribution is 0.140. The molecule has 0 saturated carbocycles. The smallest absolute Gasteiger partial charge is 0.0120 e. The van der Waals surface area contributed by atoms with Crippen LogP contribution in [0.1, 0.15) is 24.8 Å². The summed E-state index contributed by atoms with van der Waals surface area (Å²) in [6.07, 6.45) is 5.40. The fraction of sp³-hybridized carbons (Fsp3) is 0.647. The van der Waals surface area contributed by atoms with Gasteiger partial charge in [-0.1, -0.05) is 30.3 Å². The van der Waals surface area contributed by atoms with E-state index in [4.69, 9.17) is 0 Å². The first-order valence-corrected chi connectivity index (χ1v) is 7.78. The maximum Gasteiger partial charge on any atom is 0.0120 e. The molecule has 1 aromatic carbocycles. The zero-order valence-corrected chi connectivity index (χ0v) is 12.1. The molecule has 19 heavy (non-hydrogen) atoms. The molecule has 3 rings (SSSR count). The van der Waals surface area contributed by atoms with E-state index in [-0.39, 0.29) is 0 Å². The summed E-state index contributed by atoms with van der Waals surface area (Å²) in [7, 11) is 2.25. The van der Waals surface area contributed by atoms with Crippen molar-refractivity contribution in [3.63, 3.8) is 0 Å². The lowest BCUT2D eigenvalue weighted by Crippen LogP contribution is -2.42. The third-order valence-corrected chi connectivity index (χ3v) is 4.89. The van der Waals surface area contributed by atoms with Gasteiger partial charge in [0.15, 0.2) is 0 Å². The largest absolute Gasteiger partial charge is 0.306 e. The normalized spacial score (nSPS) is 26.9. The molecule has 104 valence electrons. The molecule has 2 aliphatic heterocycles. The van der Waals surface area contributed by atoms with Gasteiger partial charge in [-0.3, -0.25) is 4.90 Å². The molecule has 1 aromatic rings. The van der Waals surface area contributed by atoms with Crippen LogP contribution in [0.2, 0.25) is 0 Å². The molecule has 0 spiro atoms. The minimum Gasteiger partial charge on any atom is -0.306 e. The maximum atomic E-state index is 2.76. The molecule has 0 N–H and O–H groups in total. The summed E-state index contributed by atoms with van der Waals surface area (Å²) in [5, 5.41) is 0. The summed E-state index contributed by atoms with van der Waals surface area (Å²) < 4.78 is 0. The van der Waals surface area contributed by atoms with Gasteiger partial charge in [-0.15, -0.1) is 0 Å². The van der Waals surface area contributed by atoms with Crippen molar-refractivity contribution in [2.75, 3.05) is 33.2 Å². The van der Waals surface area contributed by atoms with Gasteiger partial charge < -0.3 is 4.90 Å². The summed E-state index contributed by atoms with van der Waals surface area (Å²) in [5.74, 6) is 0.877. The van der Waals surface area contributed by atoms with Crippen molar-refractivity contribution in [2.45, 2.75) is 31.7 Å². The molecule has 0 aromatic heterocycles. The highest BCUT2D eigenvalue weighted by molar-refractivity contribution is 5.15. The lowest BCUT2D eigenvalue weighted by Gasteiger charge is -2.35. The van der Waals surface area contributed by atoms with Crippen LogP contribution in [0.3, 0.4) is 0 Å². The molecule has 2 saturated heterocycles. The Labute approximate surface area is 117 Å². The Balaban J connectivity index is 1.50. The van der Waals surface area contributed by atoms with Crippen LogP contribution in [-0.2, 0) is 6.42 Å². The second kappa shape index (κ2) is 6.06. The van der Waals surface area contributed by atoms with Crippen LogP contribution in [0.15, 0.2) is 30.3 Å². The summed E-state index contributed by atoms with van der Waals surface area (Å²) in [5.41, 5.74) is 1.51. The van der Waals surface area contributed by atoms with Gasteiger partial charge in [0.1, 0.15) is 0 Å². The van der Waals surface area contributed by atoms with E-state index in [1.54, 1.807) is 0 Å². The summed E-state index contributed by atoms with van der Waals surface area (Å²) in [4.78, 5) is 5.23. The maximum absolute atomic E-state index is 2.76. The predicted octanol–water partition coefficient (Wildman–Crippen LogP) is 2.65. The van der Waals surface area contributed by atoms with E-state index in [0.717, 1.165) is 12.0 Å². The standard InChI is InChI=1S/C17H26N2/c1-18-10-8-17(9-11-18)19-12-7-16(14-19)13-15-5-3-2-4-6-15/h2-6,16-17H,7-14H2,1H3/t16-/m1/s1. The van der Waals surface area contributed by atoms with Crippen molar-refractivity contribution < 1.29 is 0 Å². The van der Waals surface area contributed by atoms with E-state index in [1.807, 2.05) is 0 Å². The first kappa shape index (κ1) is 13.1. The lowest BCUT2D eigenvalue weighted by atomic mass is 9.98. The van der Waals surface area contributed by atoms with Crippen molar-refractivity contribution in [1.82, 2.24) is 9.80 Å². The first-order valence-electron chi connectivity index (χ1n) is 7.78. The van der Waals surface area contributed by atoms with E-state index in [2.05, 4.69) is 47.2 Å². The van der Waals surface area contributed by atoms with Gasteiger partial charge in [0.25, 0.3) is 0 Å². The van der Waals surface area contributed by atoms with Gasteiger partial charge in [-0.05, 0) is 63.8 Å². The van der Waals surface area contributed by atoms with Crippen LogP contribution >= 0.6 is 0 Å². The highest BCUT2D eigenvalue weighted by atomic mass is 15.2. The number of likely N-dealkylation sites (tertiary alicyclic amines) is 2. The Morgan fingerprint density at radius 1 is 1.00 bits per heavy atom. The molecule has 0 aliphatic carbocycles. The Morgan fingerprint density at radius 3 is 2.47 bits per heavy atom. The molecule has 2 aliphatic rings. The average molecular weight is 258 g/mol. The van der Waals surface area contributed by atoms with Crippen molar-refractivity contribution in [3.05, 3.63) is 35.9 Å². The highest BCUT2D eigenvalue weighted by Crippen LogP contribution is 2.26. The fourth-order valence-electron chi connectivity index (χ4n) is 3.67. The molecule has 2 fully saturated rings. The third-order valence-electron chi connectivity index (χ3n) is 4.89. The van der Waals surface area contributed by atoms with Gasteiger partial charge in [0.2, 0.25) is 0 Å². The van der Waals surface area contributed by atoms with E-state index in [9.17, 15) is 0 Å². The number of hydrogen-bond donors (Lipinski definition) is 0. The van der Waals surface area contributed by atoms with Crippen LogP contribution < -0.4 is 0 Å². The van der Waals surface area contributed by atoms with Gasteiger partial charge in [-0.25, -0.2) is 0 Å².